The molecular formula is C27H36N2O2. The molecule has 31 heavy (non-hydrogen) atoms. The molecule has 0 radical (unpaired) electrons. The minimum absolute atomic E-state index is 0.235. The van der Waals surface area contributed by atoms with E-state index in [1.807, 2.05) is 0 Å². The van der Waals surface area contributed by atoms with E-state index in [-0.39, 0.29) is 5.92 Å². The molecular weight excluding hydrogens is 384 g/mol. The van der Waals surface area contributed by atoms with Gasteiger partial charge >= 0.3 is 0 Å². The van der Waals surface area contributed by atoms with Crippen molar-refractivity contribution in [2.24, 2.45) is 11.3 Å². The Morgan fingerprint density at radius 1 is 0.871 bits per heavy atom. The number of amides is 1. The molecule has 0 aliphatic carbocycles. The van der Waals surface area contributed by atoms with Crippen LogP contribution >= 0.6 is 0 Å². The lowest BCUT2D eigenvalue weighted by molar-refractivity contribution is -0.145. The molecule has 0 saturated carbocycles. The second kappa shape index (κ2) is 10.4. The Morgan fingerprint density at radius 2 is 1.39 bits per heavy atom. The van der Waals surface area contributed by atoms with Gasteiger partial charge in [-0.1, -0.05) is 67.6 Å². The third kappa shape index (κ3) is 5.36. The summed E-state index contributed by atoms with van der Waals surface area (Å²) < 4.78 is 5.57. The first-order valence-electron chi connectivity index (χ1n) is 11.8. The van der Waals surface area contributed by atoms with E-state index in [0.717, 1.165) is 71.6 Å². The van der Waals surface area contributed by atoms with Gasteiger partial charge < -0.3 is 9.64 Å². The third-order valence-corrected chi connectivity index (χ3v) is 7.12. The Bertz CT molecular complexity index is 770. The highest BCUT2D eigenvalue weighted by atomic mass is 16.5. The van der Waals surface area contributed by atoms with Crippen LogP contribution in [0.2, 0.25) is 0 Å². The van der Waals surface area contributed by atoms with Crippen molar-refractivity contribution >= 4 is 5.91 Å². The average molecular weight is 421 g/mol. The van der Waals surface area contributed by atoms with Gasteiger partial charge in [0, 0.05) is 32.7 Å². The largest absolute Gasteiger partial charge is 0.379 e. The van der Waals surface area contributed by atoms with Crippen LogP contribution in [0.5, 0.6) is 0 Å². The van der Waals surface area contributed by atoms with E-state index in [1.165, 1.54) is 11.1 Å². The summed E-state index contributed by atoms with van der Waals surface area (Å²) in [6.45, 7) is 8.51. The van der Waals surface area contributed by atoms with Gasteiger partial charge in [0.2, 0.25) is 5.91 Å². The monoisotopic (exact) mass is 420 g/mol. The third-order valence-electron chi connectivity index (χ3n) is 7.12. The first kappa shape index (κ1) is 22.0. The molecule has 4 heteroatoms. The van der Waals surface area contributed by atoms with E-state index in [0.29, 0.717) is 5.91 Å². The molecule has 1 unspecified atom stereocenters. The zero-order valence-electron chi connectivity index (χ0n) is 18.8. The summed E-state index contributed by atoms with van der Waals surface area (Å²) in [6.07, 6.45) is 3.81. The highest BCUT2D eigenvalue weighted by molar-refractivity contribution is 5.84. The number of hydrogen-bond donors (Lipinski definition) is 0. The molecule has 0 bridgehead atoms. The Kier molecular flexibility index (Phi) is 7.41. The van der Waals surface area contributed by atoms with Crippen LogP contribution in [-0.4, -0.2) is 61.6 Å². The summed E-state index contributed by atoms with van der Waals surface area (Å²) in [4.78, 5) is 18.9. The number of hydrogen-bond acceptors (Lipinski definition) is 3. The molecule has 0 aromatic heterocycles. The van der Waals surface area contributed by atoms with E-state index < -0.39 is 5.41 Å². The van der Waals surface area contributed by atoms with E-state index in [9.17, 15) is 4.79 Å². The van der Waals surface area contributed by atoms with Crippen LogP contribution in [-0.2, 0) is 22.4 Å². The van der Waals surface area contributed by atoms with Gasteiger partial charge in [-0.3, -0.25) is 9.69 Å². The second-order valence-corrected chi connectivity index (χ2v) is 9.29. The molecule has 2 aliphatic heterocycles. The number of benzene rings is 2. The molecule has 2 saturated heterocycles. The van der Waals surface area contributed by atoms with Crippen LogP contribution in [0.15, 0.2) is 60.7 Å². The van der Waals surface area contributed by atoms with Crippen LogP contribution in [0.4, 0.5) is 0 Å². The lowest BCUT2D eigenvalue weighted by atomic mass is 9.66. The van der Waals surface area contributed by atoms with Crippen molar-refractivity contribution in [3.05, 3.63) is 71.8 Å². The Balaban J connectivity index is 1.70. The minimum atomic E-state index is -0.453. The highest BCUT2D eigenvalue weighted by Crippen LogP contribution is 2.39. The lowest BCUT2D eigenvalue weighted by Gasteiger charge is -2.43. The van der Waals surface area contributed by atoms with Gasteiger partial charge in [0.1, 0.15) is 0 Å². The highest BCUT2D eigenvalue weighted by Gasteiger charge is 2.46. The fourth-order valence-corrected chi connectivity index (χ4v) is 5.27. The van der Waals surface area contributed by atoms with Crippen LogP contribution in [0.1, 0.15) is 30.9 Å². The van der Waals surface area contributed by atoms with Gasteiger partial charge in [-0.15, -0.1) is 0 Å². The quantitative estimate of drug-likeness (QED) is 0.646. The minimum Gasteiger partial charge on any atom is -0.379 e. The zero-order chi connectivity index (χ0) is 21.5. The second-order valence-electron chi connectivity index (χ2n) is 9.29. The number of carbonyl (C=O) groups is 1. The molecule has 0 spiro atoms. The molecule has 0 N–H and O–H groups in total. The maximum absolute atomic E-state index is 14.2. The molecule has 4 rings (SSSR count). The molecule has 2 aliphatic rings. The zero-order valence-corrected chi connectivity index (χ0v) is 18.8. The SMILES string of the molecule is CC(CN1CCOCC1)C(Cc1ccccc1)(Cc1ccccc1)C(=O)N1CCCC1. The normalized spacial score (nSPS) is 18.8. The van der Waals surface area contributed by atoms with E-state index >= 15 is 0 Å². The van der Waals surface area contributed by atoms with Gasteiger partial charge in [0.25, 0.3) is 0 Å². The maximum atomic E-state index is 14.2. The summed E-state index contributed by atoms with van der Waals surface area (Å²) >= 11 is 0. The van der Waals surface area contributed by atoms with Crippen LogP contribution in [0.3, 0.4) is 0 Å². The number of carbonyl (C=O) groups excluding carboxylic acids is 1. The number of ether oxygens (including phenoxy) is 1. The summed E-state index contributed by atoms with van der Waals surface area (Å²) in [5.74, 6) is 0.581. The standard InChI is InChI=1S/C27H36N2O2/c1-23(22-28-16-18-31-19-17-28)27(20-24-10-4-2-5-11-24,21-25-12-6-3-7-13-25)26(30)29-14-8-9-15-29/h2-7,10-13,23H,8-9,14-22H2,1H3. The predicted molar refractivity (Wildman–Crippen MR) is 125 cm³/mol. The van der Waals surface area contributed by atoms with Crippen molar-refractivity contribution in [2.75, 3.05) is 45.9 Å². The van der Waals surface area contributed by atoms with E-state index in [1.54, 1.807) is 0 Å². The fraction of sp³-hybridized carbons (Fsp3) is 0.519. The molecule has 1 amide bonds. The van der Waals surface area contributed by atoms with Crippen molar-refractivity contribution < 1.29 is 9.53 Å². The molecule has 2 aromatic carbocycles. The number of morpholine rings is 1. The van der Waals surface area contributed by atoms with Crippen LogP contribution in [0, 0.1) is 11.3 Å². The predicted octanol–water partition coefficient (Wildman–Crippen LogP) is 4.05. The van der Waals surface area contributed by atoms with Crippen molar-refractivity contribution in [3.8, 4) is 0 Å². The van der Waals surface area contributed by atoms with Gasteiger partial charge in [0.05, 0.1) is 18.6 Å². The van der Waals surface area contributed by atoms with Gasteiger partial charge in [-0.2, -0.15) is 0 Å². The lowest BCUT2D eigenvalue weighted by Crippen LogP contribution is -2.53. The molecule has 4 nitrogen and oxygen atoms in total. The van der Waals surface area contributed by atoms with Crippen molar-refractivity contribution in [1.29, 1.82) is 0 Å². The van der Waals surface area contributed by atoms with E-state index in [4.69, 9.17) is 4.74 Å². The summed E-state index contributed by atoms with van der Waals surface area (Å²) in [5.41, 5.74) is 2.05. The number of nitrogens with zero attached hydrogens (tertiary/aromatic N) is 2. The Hall–Kier alpha value is -2.17. The summed E-state index contributed by atoms with van der Waals surface area (Å²) in [6, 6.07) is 21.2. The van der Waals surface area contributed by atoms with Gasteiger partial charge in [-0.25, -0.2) is 0 Å². The summed E-state index contributed by atoms with van der Waals surface area (Å²) in [7, 11) is 0. The number of likely N-dealkylation sites (tertiary alicyclic amines) is 1. The Morgan fingerprint density at radius 3 is 1.90 bits per heavy atom. The van der Waals surface area contributed by atoms with Gasteiger partial charge in [0.15, 0.2) is 0 Å². The molecule has 2 heterocycles. The van der Waals surface area contributed by atoms with Crippen LogP contribution in [0.25, 0.3) is 0 Å². The first-order chi connectivity index (χ1) is 15.2. The van der Waals surface area contributed by atoms with Crippen molar-refractivity contribution in [1.82, 2.24) is 9.80 Å². The Labute approximate surface area is 187 Å². The van der Waals surface area contributed by atoms with Gasteiger partial charge in [-0.05, 0) is 42.7 Å². The van der Waals surface area contributed by atoms with Crippen molar-refractivity contribution in [3.63, 3.8) is 0 Å². The van der Waals surface area contributed by atoms with Crippen molar-refractivity contribution in [2.45, 2.75) is 32.6 Å². The number of rotatable bonds is 8. The first-order valence-corrected chi connectivity index (χ1v) is 11.8. The molecule has 2 aromatic rings. The fourth-order valence-electron chi connectivity index (χ4n) is 5.27. The molecule has 2 fully saturated rings. The average Bonchev–Trinajstić information content (AvgIpc) is 3.35. The molecule has 1 atom stereocenters. The van der Waals surface area contributed by atoms with Crippen LogP contribution < -0.4 is 0 Å². The molecule has 166 valence electrons. The summed E-state index contributed by atoms with van der Waals surface area (Å²) in [5, 5.41) is 0. The smallest absolute Gasteiger partial charge is 0.229 e. The maximum Gasteiger partial charge on any atom is 0.229 e. The topological polar surface area (TPSA) is 32.8 Å². The van der Waals surface area contributed by atoms with E-state index in [2.05, 4.69) is 77.4 Å².